The van der Waals surface area contributed by atoms with Gasteiger partial charge in [0.05, 0.1) is 5.69 Å². The average molecular weight is 426 g/mol. The molecule has 0 saturated carbocycles. The van der Waals surface area contributed by atoms with Crippen LogP contribution in [0.3, 0.4) is 0 Å². The number of amides is 3. The number of hydrogen-bond donors (Lipinski definition) is 4. The highest BCUT2D eigenvalue weighted by Gasteiger charge is 2.13. The topological polar surface area (TPSA) is 112 Å². The average Bonchev–Trinajstić information content (AvgIpc) is 3.31. The van der Waals surface area contributed by atoms with Crippen molar-refractivity contribution < 1.29 is 9.59 Å². The summed E-state index contributed by atoms with van der Waals surface area (Å²) in [7, 11) is 0. The van der Waals surface area contributed by atoms with Crippen LogP contribution < -0.4 is 16.0 Å². The maximum atomic E-state index is 12.4. The number of aromatic nitrogens is 3. The summed E-state index contributed by atoms with van der Waals surface area (Å²) in [6.45, 7) is 0.202. The molecule has 8 nitrogen and oxygen atoms in total. The van der Waals surface area contributed by atoms with E-state index in [0.29, 0.717) is 23.0 Å². The van der Waals surface area contributed by atoms with E-state index in [4.69, 9.17) is 0 Å². The first-order valence-corrected chi connectivity index (χ1v) is 10.2. The number of hydrogen-bond acceptors (Lipinski definition) is 4. The summed E-state index contributed by atoms with van der Waals surface area (Å²) >= 11 is 0. The van der Waals surface area contributed by atoms with E-state index in [1.807, 2.05) is 66.7 Å². The van der Waals surface area contributed by atoms with Gasteiger partial charge in [0.2, 0.25) is 5.91 Å². The van der Waals surface area contributed by atoms with Crippen LogP contribution in [0.15, 0.2) is 84.9 Å². The minimum Gasteiger partial charge on any atom is -0.337 e. The fraction of sp³-hybridized carbons (Fsp3) is 0.0833. The number of carbonyl (C=O) groups excluding carboxylic acids is 2. The van der Waals surface area contributed by atoms with Crippen LogP contribution >= 0.6 is 0 Å². The summed E-state index contributed by atoms with van der Waals surface area (Å²) < 4.78 is 0. The Morgan fingerprint density at radius 2 is 1.50 bits per heavy atom. The van der Waals surface area contributed by atoms with Crippen LogP contribution in [0.2, 0.25) is 0 Å². The highest BCUT2D eigenvalue weighted by Crippen LogP contribution is 2.26. The SMILES string of the molecule is O=C(CCNC(=O)Nc1ccccc1)Nc1ccccc1-c1nc(-c2ccccc2)n[nH]1. The number of nitrogens with zero attached hydrogens (tertiary/aromatic N) is 2. The van der Waals surface area contributed by atoms with Gasteiger partial charge in [-0.05, 0) is 24.3 Å². The van der Waals surface area contributed by atoms with Gasteiger partial charge in [-0.25, -0.2) is 9.78 Å². The Kier molecular flexibility index (Phi) is 6.52. The van der Waals surface area contributed by atoms with Crippen molar-refractivity contribution in [1.82, 2.24) is 20.5 Å². The highest BCUT2D eigenvalue weighted by atomic mass is 16.2. The fourth-order valence-corrected chi connectivity index (χ4v) is 3.10. The third-order valence-corrected chi connectivity index (χ3v) is 4.64. The van der Waals surface area contributed by atoms with Gasteiger partial charge in [0.25, 0.3) is 0 Å². The molecule has 32 heavy (non-hydrogen) atoms. The number of para-hydroxylation sites is 2. The number of urea groups is 1. The molecule has 0 radical (unpaired) electrons. The van der Waals surface area contributed by atoms with Crippen molar-refractivity contribution in [3.8, 4) is 22.8 Å². The molecule has 0 spiro atoms. The molecule has 0 fully saturated rings. The molecule has 160 valence electrons. The Bertz CT molecular complexity index is 1190. The number of H-pyrrole nitrogens is 1. The first kappa shape index (κ1) is 20.8. The summed E-state index contributed by atoms with van der Waals surface area (Å²) in [5.41, 5.74) is 2.92. The number of anilines is 2. The summed E-state index contributed by atoms with van der Waals surface area (Å²) in [5.74, 6) is 0.913. The Morgan fingerprint density at radius 3 is 2.28 bits per heavy atom. The second-order valence-electron chi connectivity index (χ2n) is 6.96. The fourth-order valence-electron chi connectivity index (χ4n) is 3.10. The number of benzene rings is 3. The molecule has 0 aliphatic heterocycles. The van der Waals surface area contributed by atoms with Crippen LogP contribution in [0.25, 0.3) is 22.8 Å². The normalized spacial score (nSPS) is 10.4. The summed E-state index contributed by atoms with van der Waals surface area (Å²) in [4.78, 5) is 28.9. The van der Waals surface area contributed by atoms with Gasteiger partial charge in [0, 0.05) is 29.8 Å². The van der Waals surface area contributed by atoms with Gasteiger partial charge in [0.15, 0.2) is 11.6 Å². The lowest BCUT2D eigenvalue weighted by Crippen LogP contribution is -2.31. The summed E-state index contributed by atoms with van der Waals surface area (Å²) in [6.07, 6.45) is 0.127. The van der Waals surface area contributed by atoms with Crippen molar-refractivity contribution in [1.29, 1.82) is 0 Å². The quantitative estimate of drug-likeness (QED) is 0.353. The molecule has 0 atom stereocenters. The molecule has 0 unspecified atom stereocenters. The molecular weight excluding hydrogens is 404 g/mol. The molecular formula is C24H22N6O2. The van der Waals surface area contributed by atoms with Crippen molar-refractivity contribution in [2.75, 3.05) is 17.2 Å². The van der Waals surface area contributed by atoms with E-state index in [-0.39, 0.29) is 24.9 Å². The summed E-state index contributed by atoms with van der Waals surface area (Å²) in [5, 5.41) is 15.5. The molecule has 1 heterocycles. The van der Waals surface area contributed by atoms with Crippen molar-refractivity contribution in [2.45, 2.75) is 6.42 Å². The molecule has 3 amide bonds. The number of nitrogens with one attached hydrogen (secondary N) is 4. The standard InChI is InChI=1S/C24H22N6O2/c31-21(15-16-25-24(32)26-18-11-5-2-6-12-18)27-20-14-8-7-13-19(20)23-28-22(29-30-23)17-9-3-1-4-10-17/h1-14H,15-16H2,(H,27,31)(H2,25,26,32)(H,28,29,30). The van der Waals surface area contributed by atoms with E-state index in [0.717, 1.165) is 11.1 Å². The smallest absolute Gasteiger partial charge is 0.319 e. The van der Waals surface area contributed by atoms with E-state index >= 15 is 0 Å². The maximum Gasteiger partial charge on any atom is 0.319 e. The Labute approximate surface area is 185 Å². The van der Waals surface area contributed by atoms with Gasteiger partial charge in [-0.15, -0.1) is 0 Å². The van der Waals surface area contributed by atoms with Crippen LogP contribution in [0.4, 0.5) is 16.2 Å². The summed E-state index contributed by atoms with van der Waals surface area (Å²) in [6, 6.07) is 25.7. The lowest BCUT2D eigenvalue weighted by Gasteiger charge is -2.10. The molecule has 0 saturated heterocycles. The molecule has 8 heteroatoms. The Hall–Kier alpha value is -4.46. The largest absolute Gasteiger partial charge is 0.337 e. The van der Waals surface area contributed by atoms with Crippen molar-refractivity contribution in [3.05, 3.63) is 84.9 Å². The van der Waals surface area contributed by atoms with E-state index in [9.17, 15) is 9.59 Å². The van der Waals surface area contributed by atoms with E-state index in [1.165, 1.54) is 0 Å². The zero-order valence-electron chi connectivity index (χ0n) is 17.2. The van der Waals surface area contributed by atoms with E-state index in [2.05, 4.69) is 31.1 Å². The lowest BCUT2D eigenvalue weighted by molar-refractivity contribution is -0.116. The number of aromatic amines is 1. The molecule has 1 aromatic heterocycles. The van der Waals surface area contributed by atoms with Gasteiger partial charge >= 0.3 is 6.03 Å². The third kappa shape index (κ3) is 5.37. The van der Waals surface area contributed by atoms with E-state index in [1.54, 1.807) is 18.2 Å². The zero-order chi connectivity index (χ0) is 22.2. The maximum absolute atomic E-state index is 12.4. The monoisotopic (exact) mass is 426 g/mol. The van der Waals surface area contributed by atoms with Crippen LogP contribution in [0, 0.1) is 0 Å². The van der Waals surface area contributed by atoms with Gasteiger partial charge in [-0.3, -0.25) is 9.89 Å². The Balaban J connectivity index is 1.34. The molecule has 0 aliphatic rings. The molecule has 0 aliphatic carbocycles. The minimum atomic E-state index is -0.362. The second kappa shape index (κ2) is 10.0. The van der Waals surface area contributed by atoms with Crippen LogP contribution in [0.5, 0.6) is 0 Å². The Morgan fingerprint density at radius 1 is 0.812 bits per heavy atom. The van der Waals surface area contributed by atoms with E-state index < -0.39 is 0 Å². The van der Waals surface area contributed by atoms with Gasteiger partial charge in [-0.1, -0.05) is 60.7 Å². The highest BCUT2D eigenvalue weighted by molar-refractivity contribution is 5.95. The third-order valence-electron chi connectivity index (χ3n) is 4.64. The molecule has 4 rings (SSSR count). The van der Waals surface area contributed by atoms with Gasteiger partial charge in [-0.2, -0.15) is 5.10 Å². The molecule has 0 bridgehead atoms. The van der Waals surface area contributed by atoms with Crippen LogP contribution in [-0.4, -0.2) is 33.7 Å². The minimum absolute atomic E-state index is 0.127. The van der Waals surface area contributed by atoms with Gasteiger partial charge in [0.1, 0.15) is 0 Å². The number of rotatable bonds is 7. The van der Waals surface area contributed by atoms with Crippen LogP contribution in [-0.2, 0) is 4.79 Å². The van der Waals surface area contributed by atoms with Crippen molar-refractivity contribution in [2.24, 2.45) is 0 Å². The van der Waals surface area contributed by atoms with Crippen molar-refractivity contribution >= 4 is 23.3 Å². The first-order valence-electron chi connectivity index (χ1n) is 10.2. The molecule has 4 N–H and O–H groups in total. The molecule has 4 aromatic rings. The molecule has 3 aromatic carbocycles. The van der Waals surface area contributed by atoms with Gasteiger partial charge < -0.3 is 16.0 Å². The predicted molar refractivity (Wildman–Crippen MR) is 124 cm³/mol. The first-order chi connectivity index (χ1) is 15.7. The van der Waals surface area contributed by atoms with Crippen LogP contribution in [0.1, 0.15) is 6.42 Å². The lowest BCUT2D eigenvalue weighted by atomic mass is 10.1. The van der Waals surface area contributed by atoms with Crippen molar-refractivity contribution in [3.63, 3.8) is 0 Å². The second-order valence-corrected chi connectivity index (χ2v) is 6.96. The predicted octanol–water partition coefficient (Wildman–Crippen LogP) is 4.29. The zero-order valence-corrected chi connectivity index (χ0v) is 17.2. The number of carbonyl (C=O) groups is 2.